The molecule has 0 fully saturated rings. The van der Waals surface area contributed by atoms with Crippen LogP contribution in [0.5, 0.6) is 0 Å². The van der Waals surface area contributed by atoms with E-state index < -0.39 is 0 Å². The molecule has 4 aromatic carbocycles. The van der Waals surface area contributed by atoms with Crippen molar-refractivity contribution in [3.05, 3.63) is 142 Å². The summed E-state index contributed by atoms with van der Waals surface area (Å²) >= 11 is 0. The van der Waals surface area contributed by atoms with Gasteiger partial charge in [-0.2, -0.15) is 0 Å². The highest BCUT2D eigenvalue weighted by Crippen LogP contribution is 2.49. The summed E-state index contributed by atoms with van der Waals surface area (Å²) in [5.74, 6) is 0.392. The maximum absolute atomic E-state index is 3.87. The van der Waals surface area contributed by atoms with Crippen LogP contribution in [0.3, 0.4) is 0 Å². The zero-order valence-corrected chi connectivity index (χ0v) is 19.0. The summed E-state index contributed by atoms with van der Waals surface area (Å²) in [6.45, 7) is 0. The average molecular weight is 439 g/mol. The molecule has 1 aliphatic carbocycles. The molecule has 0 saturated carbocycles. The molecule has 1 unspecified atom stereocenters. The van der Waals surface area contributed by atoms with Crippen LogP contribution in [0.2, 0.25) is 0 Å². The molecule has 2 aliphatic heterocycles. The minimum absolute atomic E-state index is 0.392. The summed E-state index contributed by atoms with van der Waals surface area (Å²) in [5, 5.41) is 7.70. The molecule has 7 rings (SSSR count). The Morgan fingerprint density at radius 3 is 2.15 bits per heavy atom. The van der Waals surface area contributed by atoms with Gasteiger partial charge in [0.2, 0.25) is 0 Å². The third-order valence-corrected chi connectivity index (χ3v) is 7.57. The van der Waals surface area contributed by atoms with E-state index in [4.69, 9.17) is 0 Å². The van der Waals surface area contributed by atoms with E-state index in [1.165, 1.54) is 61.7 Å². The Bertz CT molecular complexity index is 1460. The smallest absolute Gasteiger partial charge is 0.0624 e. The minimum Gasteiger partial charge on any atom is -0.354 e. The fraction of sp³-hybridized carbons (Fsp3) is 0.125. The van der Waals surface area contributed by atoms with Gasteiger partial charge in [-0.25, -0.2) is 0 Å². The molecule has 2 heterocycles. The first-order chi connectivity index (χ1) is 16.8. The number of allylic oxidation sites excluding steroid dienone is 2. The highest BCUT2D eigenvalue weighted by Gasteiger charge is 2.35. The molecule has 3 aliphatic rings. The van der Waals surface area contributed by atoms with E-state index >= 15 is 0 Å². The number of para-hydroxylation sites is 1. The fourth-order valence-corrected chi connectivity index (χ4v) is 5.92. The number of anilines is 2. The standard InChI is InChI=1S/C32H26N2/c1-3-10-21(11-4-1)25-15-9-17-30-27(25)20-24-19-26(22-12-5-2-6-13-22)28-18-23-14-7-8-16-29(23)33-32(28)31(24)34-30/h1-17,26,33-34H,18-20H2. The largest absolute Gasteiger partial charge is 0.354 e. The molecule has 1 atom stereocenters. The van der Waals surface area contributed by atoms with Crippen molar-refractivity contribution in [2.45, 2.75) is 25.2 Å². The van der Waals surface area contributed by atoms with Crippen LogP contribution < -0.4 is 10.6 Å². The Labute approximate surface area is 200 Å². The maximum atomic E-state index is 3.87. The van der Waals surface area contributed by atoms with Crippen LogP contribution in [0.15, 0.2) is 126 Å². The van der Waals surface area contributed by atoms with Crippen LogP contribution in [-0.2, 0) is 12.8 Å². The van der Waals surface area contributed by atoms with E-state index in [1.807, 2.05) is 0 Å². The molecule has 0 saturated heterocycles. The quantitative estimate of drug-likeness (QED) is 0.335. The lowest BCUT2D eigenvalue weighted by Gasteiger charge is -2.39. The summed E-state index contributed by atoms with van der Waals surface area (Å²) < 4.78 is 0. The third-order valence-electron chi connectivity index (χ3n) is 7.57. The van der Waals surface area contributed by atoms with Crippen LogP contribution in [0, 0.1) is 0 Å². The number of hydrogen-bond acceptors (Lipinski definition) is 2. The van der Waals surface area contributed by atoms with Gasteiger partial charge in [0.1, 0.15) is 0 Å². The van der Waals surface area contributed by atoms with Crippen molar-refractivity contribution in [1.82, 2.24) is 0 Å². The van der Waals surface area contributed by atoms with Crippen molar-refractivity contribution < 1.29 is 0 Å². The van der Waals surface area contributed by atoms with Crippen LogP contribution in [0.25, 0.3) is 11.1 Å². The summed E-state index contributed by atoms with van der Waals surface area (Å²) in [6, 6.07) is 37.2. The van der Waals surface area contributed by atoms with Gasteiger partial charge in [0.15, 0.2) is 0 Å². The first kappa shape index (κ1) is 19.4. The van der Waals surface area contributed by atoms with Gasteiger partial charge in [0, 0.05) is 17.3 Å². The predicted molar refractivity (Wildman–Crippen MR) is 141 cm³/mol. The van der Waals surface area contributed by atoms with E-state index in [1.54, 1.807) is 0 Å². The van der Waals surface area contributed by atoms with E-state index in [9.17, 15) is 0 Å². The molecule has 4 aromatic rings. The van der Waals surface area contributed by atoms with Gasteiger partial charge in [-0.05, 0) is 70.4 Å². The van der Waals surface area contributed by atoms with E-state index in [0.29, 0.717) is 5.92 Å². The number of fused-ring (bicyclic) bond motifs is 3. The van der Waals surface area contributed by atoms with Gasteiger partial charge in [-0.3, -0.25) is 0 Å². The Balaban J connectivity index is 1.36. The van der Waals surface area contributed by atoms with Crippen LogP contribution in [0.4, 0.5) is 11.4 Å². The number of nitrogens with one attached hydrogen (secondary N) is 2. The molecule has 2 N–H and O–H groups in total. The molecule has 0 radical (unpaired) electrons. The van der Waals surface area contributed by atoms with Gasteiger partial charge in [-0.1, -0.05) is 91.0 Å². The van der Waals surface area contributed by atoms with E-state index in [-0.39, 0.29) is 0 Å². The first-order valence-corrected chi connectivity index (χ1v) is 12.1. The number of hydrogen-bond donors (Lipinski definition) is 2. The zero-order chi connectivity index (χ0) is 22.5. The molecular weight excluding hydrogens is 412 g/mol. The second-order valence-electron chi connectivity index (χ2n) is 9.50. The highest BCUT2D eigenvalue weighted by molar-refractivity contribution is 5.80. The second kappa shape index (κ2) is 7.78. The SMILES string of the molecule is c1ccc(-c2cccc3c2CC2=C(N3)C3=C(Cc4ccccc4N3)C(c3ccccc3)C2)cc1. The summed E-state index contributed by atoms with van der Waals surface area (Å²) in [7, 11) is 0. The fourth-order valence-electron chi connectivity index (χ4n) is 5.92. The lowest BCUT2D eigenvalue weighted by Crippen LogP contribution is -2.29. The van der Waals surface area contributed by atoms with Crippen molar-refractivity contribution in [1.29, 1.82) is 0 Å². The molecule has 0 bridgehead atoms. The van der Waals surface area contributed by atoms with E-state index in [0.717, 1.165) is 19.3 Å². The van der Waals surface area contributed by atoms with Crippen LogP contribution in [-0.4, -0.2) is 0 Å². The molecule has 2 nitrogen and oxygen atoms in total. The topological polar surface area (TPSA) is 24.1 Å². The molecule has 164 valence electrons. The zero-order valence-electron chi connectivity index (χ0n) is 19.0. The van der Waals surface area contributed by atoms with Gasteiger partial charge in [-0.15, -0.1) is 0 Å². The van der Waals surface area contributed by atoms with Crippen molar-refractivity contribution in [3.8, 4) is 11.1 Å². The third kappa shape index (κ3) is 3.10. The van der Waals surface area contributed by atoms with Crippen LogP contribution in [0.1, 0.15) is 29.0 Å². The molecule has 2 heteroatoms. The molecule has 34 heavy (non-hydrogen) atoms. The Morgan fingerprint density at radius 2 is 1.29 bits per heavy atom. The highest BCUT2D eigenvalue weighted by atomic mass is 15.0. The lowest BCUT2D eigenvalue weighted by atomic mass is 9.73. The van der Waals surface area contributed by atoms with E-state index in [2.05, 4.69) is 114 Å². The van der Waals surface area contributed by atoms with Crippen molar-refractivity contribution in [2.24, 2.45) is 0 Å². The monoisotopic (exact) mass is 438 g/mol. The summed E-state index contributed by atoms with van der Waals surface area (Å²) in [4.78, 5) is 0. The lowest BCUT2D eigenvalue weighted by molar-refractivity contribution is 0.697. The predicted octanol–water partition coefficient (Wildman–Crippen LogP) is 7.69. The van der Waals surface area contributed by atoms with Gasteiger partial charge < -0.3 is 10.6 Å². The normalized spacial score (nSPS) is 18.2. The first-order valence-electron chi connectivity index (χ1n) is 12.1. The maximum Gasteiger partial charge on any atom is 0.0624 e. The average Bonchev–Trinajstić information content (AvgIpc) is 2.91. The number of benzene rings is 4. The van der Waals surface area contributed by atoms with Crippen LogP contribution >= 0.6 is 0 Å². The Hall–Kier alpha value is -4.04. The van der Waals surface area contributed by atoms with Crippen molar-refractivity contribution >= 4 is 11.4 Å². The molecule has 0 spiro atoms. The number of rotatable bonds is 2. The van der Waals surface area contributed by atoms with Gasteiger partial charge >= 0.3 is 0 Å². The summed E-state index contributed by atoms with van der Waals surface area (Å²) in [5.41, 5.74) is 14.8. The van der Waals surface area contributed by atoms with Gasteiger partial charge in [0.05, 0.1) is 11.4 Å². The molecular formula is C32H26N2. The molecule has 0 aromatic heterocycles. The Kier molecular flexibility index (Phi) is 4.44. The second-order valence-corrected chi connectivity index (χ2v) is 9.50. The van der Waals surface area contributed by atoms with Gasteiger partial charge in [0.25, 0.3) is 0 Å². The molecule has 0 amide bonds. The Morgan fingerprint density at radius 1 is 0.588 bits per heavy atom. The minimum atomic E-state index is 0.392. The van der Waals surface area contributed by atoms with Crippen molar-refractivity contribution in [2.75, 3.05) is 10.6 Å². The summed E-state index contributed by atoms with van der Waals surface area (Å²) in [6.07, 6.45) is 3.03. The van der Waals surface area contributed by atoms with Crippen molar-refractivity contribution in [3.63, 3.8) is 0 Å².